The van der Waals surface area contributed by atoms with E-state index < -0.39 is 5.60 Å². The molecular formula is C19H22N2O3. The van der Waals surface area contributed by atoms with Crippen molar-refractivity contribution in [1.82, 2.24) is 10.3 Å². The van der Waals surface area contributed by atoms with E-state index in [0.29, 0.717) is 13.2 Å². The van der Waals surface area contributed by atoms with Gasteiger partial charge in [-0.15, -0.1) is 0 Å². The lowest BCUT2D eigenvalue weighted by Gasteiger charge is -2.36. The van der Waals surface area contributed by atoms with Gasteiger partial charge in [-0.05, 0) is 43.0 Å². The van der Waals surface area contributed by atoms with Crippen LogP contribution in [0, 0.1) is 0 Å². The van der Waals surface area contributed by atoms with Crippen LogP contribution in [0.2, 0.25) is 0 Å². The number of carbonyl (C=O) groups is 1. The van der Waals surface area contributed by atoms with Gasteiger partial charge in [-0.1, -0.05) is 18.2 Å². The maximum atomic E-state index is 12.0. The summed E-state index contributed by atoms with van der Waals surface area (Å²) in [5.41, 5.74) is 1.19. The Balaban J connectivity index is 1.50. The summed E-state index contributed by atoms with van der Waals surface area (Å²) < 4.78 is 5.74. The molecule has 1 fully saturated rings. The molecule has 5 heteroatoms. The molecule has 1 saturated carbocycles. The average molecular weight is 326 g/mol. The summed E-state index contributed by atoms with van der Waals surface area (Å²) in [6, 6.07) is 11.3. The first-order valence-corrected chi connectivity index (χ1v) is 8.23. The van der Waals surface area contributed by atoms with Crippen LogP contribution in [-0.2, 0) is 17.8 Å². The van der Waals surface area contributed by atoms with Gasteiger partial charge in [0.15, 0.2) is 0 Å². The summed E-state index contributed by atoms with van der Waals surface area (Å²) in [6.45, 7) is 0.777. The quantitative estimate of drug-likeness (QED) is 0.818. The molecular weight excluding hydrogens is 304 g/mol. The third kappa shape index (κ3) is 4.55. The fourth-order valence-electron chi connectivity index (χ4n) is 2.67. The highest BCUT2D eigenvalue weighted by molar-refractivity contribution is 5.78. The number of amides is 1. The van der Waals surface area contributed by atoms with Gasteiger partial charge in [0.1, 0.15) is 12.4 Å². The van der Waals surface area contributed by atoms with Gasteiger partial charge in [-0.3, -0.25) is 9.78 Å². The SMILES string of the molecule is O=C(Cc1cccc(OCc2cccnc2)c1)NCC1(O)CCC1. The number of rotatable bonds is 7. The molecule has 0 spiro atoms. The fourth-order valence-corrected chi connectivity index (χ4v) is 2.67. The number of carbonyl (C=O) groups excluding carboxylic acids is 1. The summed E-state index contributed by atoms with van der Waals surface area (Å²) in [7, 11) is 0. The summed E-state index contributed by atoms with van der Waals surface area (Å²) in [5, 5.41) is 12.8. The lowest BCUT2D eigenvalue weighted by atomic mass is 9.80. The number of hydrogen-bond acceptors (Lipinski definition) is 4. The van der Waals surface area contributed by atoms with Crippen molar-refractivity contribution >= 4 is 5.91 Å². The Bertz CT molecular complexity index is 684. The van der Waals surface area contributed by atoms with Crippen molar-refractivity contribution in [3.05, 3.63) is 59.9 Å². The number of pyridine rings is 1. The number of benzene rings is 1. The Hall–Kier alpha value is -2.40. The predicted octanol–water partition coefficient (Wildman–Crippen LogP) is 2.23. The zero-order chi connectivity index (χ0) is 16.8. The second kappa shape index (κ2) is 7.45. The molecule has 1 aliphatic carbocycles. The number of hydrogen-bond donors (Lipinski definition) is 2. The molecule has 2 N–H and O–H groups in total. The Morgan fingerprint density at radius 3 is 2.79 bits per heavy atom. The van der Waals surface area contributed by atoms with Crippen molar-refractivity contribution in [3.8, 4) is 5.75 Å². The van der Waals surface area contributed by atoms with E-state index in [-0.39, 0.29) is 12.3 Å². The van der Waals surface area contributed by atoms with Gasteiger partial charge in [0.05, 0.1) is 12.0 Å². The summed E-state index contributed by atoms with van der Waals surface area (Å²) in [6.07, 6.45) is 6.34. The minimum Gasteiger partial charge on any atom is -0.489 e. The highest BCUT2D eigenvalue weighted by Crippen LogP contribution is 2.30. The van der Waals surface area contributed by atoms with Crippen LogP contribution in [0.1, 0.15) is 30.4 Å². The smallest absolute Gasteiger partial charge is 0.224 e. The van der Waals surface area contributed by atoms with E-state index in [4.69, 9.17) is 4.74 Å². The van der Waals surface area contributed by atoms with Gasteiger partial charge in [-0.2, -0.15) is 0 Å². The highest BCUT2D eigenvalue weighted by Gasteiger charge is 2.34. The Kier molecular flexibility index (Phi) is 5.11. The Morgan fingerprint density at radius 2 is 2.08 bits per heavy atom. The van der Waals surface area contributed by atoms with Crippen LogP contribution in [-0.4, -0.2) is 28.1 Å². The van der Waals surface area contributed by atoms with E-state index in [2.05, 4.69) is 10.3 Å². The van der Waals surface area contributed by atoms with Crippen molar-refractivity contribution in [2.45, 2.75) is 37.9 Å². The van der Waals surface area contributed by atoms with Gasteiger partial charge >= 0.3 is 0 Å². The predicted molar refractivity (Wildman–Crippen MR) is 90.5 cm³/mol. The van der Waals surface area contributed by atoms with Crippen LogP contribution >= 0.6 is 0 Å². The van der Waals surface area contributed by atoms with Crippen LogP contribution < -0.4 is 10.1 Å². The zero-order valence-electron chi connectivity index (χ0n) is 13.6. The minimum absolute atomic E-state index is 0.0836. The molecule has 1 aromatic heterocycles. The maximum absolute atomic E-state index is 12.0. The molecule has 0 saturated heterocycles. The fraction of sp³-hybridized carbons (Fsp3) is 0.368. The van der Waals surface area contributed by atoms with Crippen molar-refractivity contribution in [2.24, 2.45) is 0 Å². The monoisotopic (exact) mass is 326 g/mol. The standard InChI is InChI=1S/C19H22N2O3/c22-18(21-14-19(23)7-3-8-19)11-15-4-1-6-17(10-15)24-13-16-5-2-9-20-12-16/h1-2,4-6,9-10,12,23H,3,7-8,11,13-14H2,(H,21,22). The van der Waals surface area contributed by atoms with Crippen molar-refractivity contribution in [3.63, 3.8) is 0 Å². The maximum Gasteiger partial charge on any atom is 0.224 e. The first-order chi connectivity index (χ1) is 11.6. The Labute approximate surface area is 141 Å². The molecule has 1 heterocycles. The molecule has 0 radical (unpaired) electrons. The number of nitrogens with one attached hydrogen (secondary N) is 1. The molecule has 0 atom stereocenters. The molecule has 3 rings (SSSR count). The van der Waals surface area contributed by atoms with Gasteiger partial charge in [-0.25, -0.2) is 0 Å². The van der Waals surface area contributed by atoms with Gasteiger partial charge < -0.3 is 15.2 Å². The molecule has 2 aromatic rings. The van der Waals surface area contributed by atoms with Crippen LogP contribution in [0.4, 0.5) is 0 Å². The molecule has 24 heavy (non-hydrogen) atoms. The molecule has 126 valence electrons. The summed E-state index contributed by atoms with van der Waals surface area (Å²) >= 11 is 0. The number of aliphatic hydroxyl groups is 1. The molecule has 0 unspecified atom stereocenters. The zero-order valence-corrected chi connectivity index (χ0v) is 13.6. The van der Waals surface area contributed by atoms with E-state index in [0.717, 1.165) is 36.1 Å². The normalized spacial score (nSPS) is 15.4. The molecule has 0 bridgehead atoms. The second-order valence-electron chi connectivity index (χ2n) is 6.33. The Morgan fingerprint density at radius 1 is 1.25 bits per heavy atom. The van der Waals surface area contributed by atoms with E-state index in [1.165, 1.54) is 0 Å². The van der Waals surface area contributed by atoms with E-state index in [1.807, 2.05) is 36.4 Å². The van der Waals surface area contributed by atoms with Crippen molar-refractivity contribution in [2.75, 3.05) is 6.54 Å². The van der Waals surface area contributed by atoms with Crippen LogP contribution in [0.3, 0.4) is 0 Å². The molecule has 5 nitrogen and oxygen atoms in total. The van der Waals surface area contributed by atoms with Crippen molar-refractivity contribution in [1.29, 1.82) is 0 Å². The number of aromatic nitrogens is 1. The van der Waals surface area contributed by atoms with Crippen molar-refractivity contribution < 1.29 is 14.6 Å². The van der Waals surface area contributed by atoms with Gasteiger partial charge in [0, 0.05) is 24.5 Å². The molecule has 0 aliphatic heterocycles. The first-order valence-electron chi connectivity index (χ1n) is 8.23. The third-order valence-corrected chi connectivity index (χ3v) is 4.29. The van der Waals surface area contributed by atoms with Gasteiger partial charge in [0.2, 0.25) is 5.91 Å². The van der Waals surface area contributed by atoms with E-state index in [9.17, 15) is 9.90 Å². The van der Waals surface area contributed by atoms with Crippen LogP contribution in [0.25, 0.3) is 0 Å². The molecule has 1 aliphatic rings. The number of nitrogens with zero attached hydrogens (tertiary/aromatic N) is 1. The first kappa shape index (κ1) is 16.5. The largest absolute Gasteiger partial charge is 0.489 e. The lowest BCUT2D eigenvalue weighted by Crippen LogP contribution is -2.48. The van der Waals surface area contributed by atoms with Gasteiger partial charge in [0.25, 0.3) is 0 Å². The lowest BCUT2D eigenvalue weighted by molar-refractivity contribution is -0.122. The van der Waals surface area contributed by atoms with E-state index >= 15 is 0 Å². The minimum atomic E-state index is -0.690. The highest BCUT2D eigenvalue weighted by atomic mass is 16.5. The topological polar surface area (TPSA) is 71.5 Å². The molecule has 1 aromatic carbocycles. The number of ether oxygens (including phenoxy) is 1. The van der Waals surface area contributed by atoms with Crippen LogP contribution in [0.5, 0.6) is 5.75 Å². The van der Waals surface area contributed by atoms with E-state index in [1.54, 1.807) is 12.4 Å². The second-order valence-corrected chi connectivity index (χ2v) is 6.33. The third-order valence-electron chi connectivity index (χ3n) is 4.29. The van der Waals surface area contributed by atoms with Crippen LogP contribution in [0.15, 0.2) is 48.8 Å². The average Bonchev–Trinajstić information content (AvgIpc) is 2.58. The summed E-state index contributed by atoms with van der Waals surface area (Å²) in [4.78, 5) is 16.1. The molecule has 1 amide bonds. The summed E-state index contributed by atoms with van der Waals surface area (Å²) in [5.74, 6) is 0.640.